The Morgan fingerprint density at radius 1 is 0.926 bits per heavy atom. The van der Waals surface area contributed by atoms with Gasteiger partial charge in [-0.1, -0.05) is 18.6 Å². The Kier molecular flexibility index (Phi) is 5.53. The average molecular weight is 392 g/mol. The van der Waals surface area contributed by atoms with Gasteiger partial charge in [0.1, 0.15) is 0 Å². The molecule has 1 amide bonds. The topological polar surface area (TPSA) is 69.7 Å². The molecule has 148 valence electrons. The Labute approximate surface area is 162 Å². The molecule has 3 heterocycles. The monoisotopic (exact) mass is 391 g/mol. The maximum atomic E-state index is 13.2. The van der Waals surface area contributed by atoms with Crippen molar-refractivity contribution in [1.82, 2.24) is 14.5 Å². The standard InChI is InChI=1S/C20H29N3O3S/c24-20(22-12-8-16-14-21-15-17(16)9-13-22)18-6-2-3-7-19(18)27(25,26)23-10-4-1-5-11-23/h2-3,6-7,16-17,21H,1,4-5,8-15H2/t16-,17+. The molecule has 1 aromatic carbocycles. The first kappa shape index (κ1) is 18.9. The van der Waals surface area contributed by atoms with Crippen molar-refractivity contribution in [1.29, 1.82) is 0 Å². The third-order valence-electron chi connectivity index (χ3n) is 6.36. The molecule has 1 aromatic rings. The zero-order chi connectivity index (χ0) is 18.9. The molecule has 27 heavy (non-hydrogen) atoms. The van der Waals surface area contributed by atoms with E-state index in [4.69, 9.17) is 0 Å². The predicted molar refractivity (Wildman–Crippen MR) is 104 cm³/mol. The van der Waals surface area contributed by atoms with Crippen molar-refractivity contribution in [2.75, 3.05) is 39.3 Å². The minimum Gasteiger partial charge on any atom is -0.339 e. The fourth-order valence-corrected chi connectivity index (χ4v) is 6.41. The van der Waals surface area contributed by atoms with E-state index in [0.29, 0.717) is 43.6 Å². The van der Waals surface area contributed by atoms with E-state index in [9.17, 15) is 13.2 Å². The molecule has 3 saturated heterocycles. The fourth-order valence-electron chi connectivity index (χ4n) is 4.70. The first-order valence-corrected chi connectivity index (χ1v) is 11.6. The number of carbonyl (C=O) groups is 1. The number of amides is 1. The van der Waals surface area contributed by atoms with Gasteiger partial charge in [0.2, 0.25) is 10.0 Å². The van der Waals surface area contributed by atoms with Gasteiger partial charge in [0.15, 0.2) is 0 Å². The molecule has 0 saturated carbocycles. The number of fused-ring (bicyclic) bond motifs is 1. The average Bonchev–Trinajstić information content (AvgIpc) is 3.06. The largest absolute Gasteiger partial charge is 0.339 e. The summed E-state index contributed by atoms with van der Waals surface area (Å²) in [5.74, 6) is 1.13. The van der Waals surface area contributed by atoms with E-state index in [0.717, 1.165) is 45.2 Å². The van der Waals surface area contributed by atoms with Gasteiger partial charge in [-0.05, 0) is 62.7 Å². The minimum absolute atomic E-state index is 0.140. The molecule has 7 heteroatoms. The summed E-state index contributed by atoms with van der Waals surface area (Å²) in [5, 5.41) is 3.44. The molecule has 0 aromatic heterocycles. The van der Waals surface area contributed by atoms with Crippen molar-refractivity contribution in [2.24, 2.45) is 11.8 Å². The number of hydrogen-bond donors (Lipinski definition) is 1. The highest BCUT2D eigenvalue weighted by atomic mass is 32.2. The fraction of sp³-hybridized carbons (Fsp3) is 0.650. The van der Waals surface area contributed by atoms with E-state index < -0.39 is 10.0 Å². The SMILES string of the molecule is O=C(c1ccccc1S(=O)(=O)N1CCCCC1)N1CC[C@@H]2CNC[C@@H]2CC1. The van der Waals surface area contributed by atoms with Crippen LogP contribution >= 0.6 is 0 Å². The number of nitrogens with zero attached hydrogens (tertiary/aromatic N) is 2. The van der Waals surface area contributed by atoms with Crippen LogP contribution in [0.15, 0.2) is 29.2 Å². The van der Waals surface area contributed by atoms with E-state index in [1.54, 1.807) is 28.6 Å². The van der Waals surface area contributed by atoms with Crippen molar-refractivity contribution in [2.45, 2.75) is 37.0 Å². The molecule has 0 bridgehead atoms. The van der Waals surface area contributed by atoms with Crippen LogP contribution in [-0.4, -0.2) is 62.8 Å². The van der Waals surface area contributed by atoms with Crippen LogP contribution in [0.5, 0.6) is 0 Å². The zero-order valence-corrected chi connectivity index (χ0v) is 16.6. The van der Waals surface area contributed by atoms with Crippen molar-refractivity contribution in [3.63, 3.8) is 0 Å². The normalized spacial score (nSPS) is 27.2. The third kappa shape index (κ3) is 3.77. The van der Waals surface area contributed by atoms with Crippen LogP contribution in [0.2, 0.25) is 0 Å². The van der Waals surface area contributed by atoms with E-state index in [1.165, 1.54) is 0 Å². The highest BCUT2D eigenvalue weighted by Crippen LogP contribution is 2.29. The lowest BCUT2D eigenvalue weighted by Crippen LogP contribution is -2.38. The van der Waals surface area contributed by atoms with Gasteiger partial charge in [0.25, 0.3) is 5.91 Å². The van der Waals surface area contributed by atoms with E-state index in [2.05, 4.69) is 5.32 Å². The zero-order valence-electron chi connectivity index (χ0n) is 15.8. The molecule has 6 nitrogen and oxygen atoms in total. The second-order valence-electron chi connectivity index (χ2n) is 8.01. The van der Waals surface area contributed by atoms with Crippen molar-refractivity contribution >= 4 is 15.9 Å². The lowest BCUT2D eigenvalue weighted by Gasteiger charge is -2.28. The summed E-state index contributed by atoms with van der Waals surface area (Å²) in [7, 11) is -3.62. The molecule has 3 fully saturated rings. The maximum absolute atomic E-state index is 13.2. The summed E-state index contributed by atoms with van der Waals surface area (Å²) >= 11 is 0. The van der Waals surface area contributed by atoms with Crippen LogP contribution in [-0.2, 0) is 10.0 Å². The predicted octanol–water partition coefficient (Wildman–Crippen LogP) is 1.93. The lowest BCUT2D eigenvalue weighted by molar-refractivity contribution is 0.0754. The number of sulfonamides is 1. The molecule has 1 N–H and O–H groups in total. The van der Waals surface area contributed by atoms with Crippen LogP contribution in [0.25, 0.3) is 0 Å². The van der Waals surface area contributed by atoms with Crippen molar-refractivity contribution in [3.05, 3.63) is 29.8 Å². The second-order valence-corrected chi connectivity index (χ2v) is 9.92. The molecular formula is C20H29N3O3S. The van der Waals surface area contributed by atoms with Crippen LogP contribution < -0.4 is 5.32 Å². The van der Waals surface area contributed by atoms with E-state index in [-0.39, 0.29) is 10.8 Å². The van der Waals surface area contributed by atoms with Crippen LogP contribution in [0.3, 0.4) is 0 Å². The van der Waals surface area contributed by atoms with Gasteiger partial charge < -0.3 is 10.2 Å². The Bertz CT molecular complexity index is 775. The van der Waals surface area contributed by atoms with Crippen molar-refractivity contribution in [3.8, 4) is 0 Å². The molecule has 3 aliphatic rings. The smallest absolute Gasteiger partial charge is 0.255 e. The first-order chi connectivity index (χ1) is 13.1. The van der Waals surface area contributed by atoms with Gasteiger partial charge in [-0.3, -0.25) is 4.79 Å². The summed E-state index contributed by atoms with van der Waals surface area (Å²) in [4.78, 5) is 15.3. The van der Waals surface area contributed by atoms with Gasteiger partial charge in [0, 0.05) is 26.2 Å². The summed E-state index contributed by atoms with van der Waals surface area (Å²) in [6.45, 7) is 4.58. The summed E-state index contributed by atoms with van der Waals surface area (Å²) < 4.78 is 27.9. The summed E-state index contributed by atoms with van der Waals surface area (Å²) in [6, 6.07) is 6.74. The number of carbonyl (C=O) groups excluding carboxylic acids is 1. The Hall–Kier alpha value is -1.44. The lowest BCUT2D eigenvalue weighted by atomic mass is 9.92. The summed E-state index contributed by atoms with van der Waals surface area (Å²) in [5.41, 5.74) is 0.327. The molecular weight excluding hydrogens is 362 g/mol. The Morgan fingerprint density at radius 3 is 2.22 bits per heavy atom. The highest BCUT2D eigenvalue weighted by Gasteiger charge is 2.34. The molecule has 0 radical (unpaired) electrons. The molecule has 0 spiro atoms. The molecule has 4 rings (SSSR count). The van der Waals surface area contributed by atoms with E-state index >= 15 is 0 Å². The van der Waals surface area contributed by atoms with Gasteiger partial charge >= 0.3 is 0 Å². The number of piperidine rings is 1. The van der Waals surface area contributed by atoms with Crippen LogP contribution in [0.4, 0.5) is 0 Å². The van der Waals surface area contributed by atoms with Gasteiger partial charge in [0.05, 0.1) is 10.5 Å². The second kappa shape index (κ2) is 7.89. The molecule has 0 aliphatic carbocycles. The number of hydrogen-bond acceptors (Lipinski definition) is 4. The first-order valence-electron chi connectivity index (χ1n) is 10.2. The maximum Gasteiger partial charge on any atom is 0.255 e. The van der Waals surface area contributed by atoms with Crippen LogP contribution in [0, 0.1) is 11.8 Å². The summed E-state index contributed by atoms with van der Waals surface area (Å²) in [6.07, 6.45) is 4.82. The number of benzene rings is 1. The minimum atomic E-state index is -3.62. The third-order valence-corrected chi connectivity index (χ3v) is 8.31. The Morgan fingerprint density at radius 2 is 1.56 bits per heavy atom. The number of likely N-dealkylation sites (tertiary alicyclic amines) is 1. The number of nitrogens with one attached hydrogen (secondary N) is 1. The molecule has 0 unspecified atom stereocenters. The molecule has 2 atom stereocenters. The molecule has 3 aliphatic heterocycles. The Balaban J connectivity index is 1.58. The van der Waals surface area contributed by atoms with Crippen molar-refractivity contribution < 1.29 is 13.2 Å². The van der Waals surface area contributed by atoms with Gasteiger partial charge in [-0.15, -0.1) is 0 Å². The van der Waals surface area contributed by atoms with E-state index in [1.807, 2.05) is 4.90 Å². The highest BCUT2D eigenvalue weighted by molar-refractivity contribution is 7.89. The van der Waals surface area contributed by atoms with Crippen LogP contribution in [0.1, 0.15) is 42.5 Å². The van der Waals surface area contributed by atoms with Gasteiger partial charge in [-0.2, -0.15) is 4.31 Å². The number of rotatable bonds is 3. The quantitative estimate of drug-likeness (QED) is 0.855. The van der Waals surface area contributed by atoms with Gasteiger partial charge in [-0.25, -0.2) is 8.42 Å².